The van der Waals surface area contributed by atoms with E-state index in [-0.39, 0.29) is 12.1 Å². The van der Waals surface area contributed by atoms with Gasteiger partial charge >= 0.3 is 5.96 Å². The highest BCUT2D eigenvalue weighted by molar-refractivity contribution is 5.68. The van der Waals surface area contributed by atoms with Crippen molar-refractivity contribution >= 4 is 5.96 Å². The molecule has 0 atom stereocenters. The number of guanidine groups is 1. The van der Waals surface area contributed by atoms with Gasteiger partial charge in [-0.15, -0.1) is 0 Å². The van der Waals surface area contributed by atoms with E-state index in [0.29, 0.717) is 0 Å². The highest BCUT2D eigenvalue weighted by Crippen LogP contribution is 0.925. The first kappa shape index (κ1) is 8.87. The molecule has 0 rings (SSSR count). The Morgan fingerprint density at radius 1 is 1.40 bits per heavy atom. The Morgan fingerprint density at radius 3 is 1.40 bits per heavy atom. The van der Waals surface area contributed by atoms with Gasteiger partial charge in [0.2, 0.25) is 0 Å². The van der Waals surface area contributed by atoms with E-state index in [1.165, 1.54) is 0 Å². The van der Waals surface area contributed by atoms with Crippen molar-refractivity contribution in [1.82, 2.24) is 0 Å². The van der Waals surface area contributed by atoms with Crippen LogP contribution in [0, 0.1) is 0 Å². The highest BCUT2D eigenvalue weighted by Gasteiger charge is 1.64. The van der Waals surface area contributed by atoms with Crippen molar-refractivity contribution < 1.29 is 5.41 Å². The van der Waals surface area contributed by atoms with Crippen LogP contribution in [0.1, 0.15) is 0 Å². The SMILES string of the molecule is NC(N)=[NH2+].[NH2-]. The van der Waals surface area contributed by atoms with Gasteiger partial charge in [0, 0.05) is 0 Å². The number of nitrogens with two attached hydrogens (primary N) is 4. The van der Waals surface area contributed by atoms with Gasteiger partial charge in [-0.1, -0.05) is 0 Å². The van der Waals surface area contributed by atoms with Crippen molar-refractivity contribution in [3.8, 4) is 0 Å². The normalized spacial score (nSPS) is 4.80. The van der Waals surface area contributed by atoms with E-state index in [0.717, 1.165) is 0 Å². The first-order valence-corrected chi connectivity index (χ1v) is 0.866. The van der Waals surface area contributed by atoms with Crippen LogP contribution in [0.2, 0.25) is 0 Å². The van der Waals surface area contributed by atoms with Crippen LogP contribution < -0.4 is 16.9 Å². The van der Waals surface area contributed by atoms with Crippen LogP contribution in [0.3, 0.4) is 0 Å². The van der Waals surface area contributed by atoms with Crippen LogP contribution in [0.25, 0.3) is 6.15 Å². The summed E-state index contributed by atoms with van der Waals surface area (Å²) in [6.45, 7) is 0. The molecule has 0 amide bonds. The van der Waals surface area contributed by atoms with Crippen molar-refractivity contribution in [2.45, 2.75) is 0 Å². The maximum atomic E-state index is 4.58. The quantitative estimate of drug-likeness (QED) is 0.223. The molecule has 0 bridgehead atoms. The lowest BCUT2D eigenvalue weighted by molar-refractivity contribution is -0.116. The van der Waals surface area contributed by atoms with Gasteiger partial charge in [-0.25, -0.2) is 0 Å². The Labute approximate surface area is 30.2 Å². The zero-order valence-electron chi connectivity index (χ0n) is 2.81. The number of hydrogen-bond acceptors (Lipinski definition) is 0. The molecule has 0 aliphatic carbocycles. The molecule has 0 aromatic rings. The summed E-state index contributed by atoms with van der Waals surface area (Å²) in [4.78, 5) is 0. The summed E-state index contributed by atoms with van der Waals surface area (Å²) in [5.41, 5.74) is 9.17. The Bertz CT molecular complexity index is 26.6. The molecule has 4 nitrogen and oxygen atoms in total. The van der Waals surface area contributed by atoms with E-state index in [2.05, 4.69) is 16.9 Å². The maximum Gasteiger partial charge on any atom is 0.336 e. The number of hydrogen-bond donors (Lipinski definition) is 3. The Morgan fingerprint density at radius 2 is 1.40 bits per heavy atom. The van der Waals surface area contributed by atoms with Crippen molar-refractivity contribution in [2.24, 2.45) is 11.5 Å². The van der Waals surface area contributed by atoms with E-state index in [1.54, 1.807) is 0 Å². The minimum atomic E-state index is -0.0833. The second-order valence-corrected chi connectivity index (χ2v) is 0.500. The molecule has 0 aliphatic rings. The van der Waals surface area contributed by atoms with E-state index < -0.39 is 0 Å². The van der Waals surface area contributed by atoms with E-state index in [4.69, 9.17) is 0 Å². The molecule has 5 heavy (non-hydrogen) atoms. The number of rotatable bonds is 0. The largest absolute Gasteiger partial charge is 0.693 e. The zero-order chi connectivity index (χ0) is 3.58. The lowest BCUT2D eigenvalue weighted by atomic mass is 11.1. The molecule has 0 aromatic heterocycles. The Balaban J connectivity index is 0. The summed E-state index contributed by atoms with van der Waals surface area (Å²) >= 11 is 0. The molecule has 0 aliphatic heterocycles. The van der Waals surface area contributed by atoms with Crippen molar-refractivity contribution in [1.29, 1.82) is 0 Å². The second-order valence-electron chi connectivity index (χ2n) is 0.500. The average Bonchev–Trinajstić information content (AvgIpc) is 0.811. The van der Waals surface area contributed by atoms with Crippen molar-refractivity contribution in [3.05, 3.63) is 6.15 Å². The van der Waals surface area contributed by atoms with Gasteiger partial charge in [-0.3, -0.25) is 16.9 Å². The first-order valence-electron chi connectivity index (χ1n) is 0.866. The third-order valence-corrected chi connectivity index (χ3v) is 0. The predicted molar refractivity (Wildman–Crippen MR) is 20.6 cm³/mol. The maximum absolute atomic E-state index is 4.58. The monoisotopic (exact) mass is 76.1 g/mol. The summed E-state index contributed by atoms with van der Waals surface area (Å²) in [6.07, 6.45) is 0. The van der Waals surface area contributed by atoms with Gasteiger partial charge in [0.1, 0.15) is 0 Å². The molecule has 0 saturated carbocycles. The standard InChI is InChI=1S/CH5N3.H2N/c2-1(3)4;/h(H5,2,3,4);1H2/q;-1/p+1. The molecular formula is CH8N4. The lowest BCUT2D eigenvalue weighted by Gasteiger charge is -1.59. The molecule has 32 valence electrons. The van der Waals surface area contributed by atoms with Crippen LogP contribution in [-0.2, 0) is 0 Å². The highest BCUT2D eigenvalue weighted by atomic mass is 14.9. The molecule has 0 fully saturated rings. The Hall–Kier alpha value is -0.770. The minimum absolute atomic E-state index is 0. The first-order chi connectivity index (χ1) is 1.73. The van der Waals surface area contributed by atoms with Crippen molar-refractivity contribution in [2.75, 3.05) is 0 Å². The second kappa shape index (κ2) is 3.23. The topological polar surface area (TPSA) is 111 Å². The predicted octanol–water partition coefficient (Wildman–Crippen LogP) is -2.26. The van der Waals surface area contributed by atoms with Crippen LogP contribution >= 0.6 is 0 Å². The molecule has 0 saturated heterocycles. The van der Waals surface area contributed by atoms with Gasteiger partial charge in [0.15, 0.2) is 0 Å². The van der Waals surface area contributed by atoms with E-state index >= 15 is 0 Å². The summed E-state index contributed by atoms with van der Waals surface area (Å²) in [6, 6.07) is 0. The van der Waals surface area contributed by atoms with E-state index in [1.807, 2.05) is 0 Å². The third-order valence-electron chi connectivity index (χ3n) is 0. The third kappa shape index (κ3) is 8.24. The molecule has 8 N–H and O–H groups in total. The fourth-order valence-electron chi connectivity index (χ4n) is 0. The van der Waals surface area contributed by atoms with Crippen molar-refractivity contribution in [3.63, 3.8) is 0 Å². The summed E-state index contributed by atoms with van der Waals surface area (Å²) < 4.78 is 0. The summed E-state index contributed by atoms with van der Waals surface area (Å²) in [7, 11) is 0. The molecule has 0 aromatic carbocycles. The molecule has 0 unspecified atom stereocenters. The molecule has 0 spiro atoms. The van der Waals surface area contributed by atoms with Gasteiger partial charge in [-0.2, -0.15) is 0 Å². The minimum Gasteiger partial charge on any atom is -0.693 e. The van der Waals surface area contributed by atoms with Crippen LogP contribution in [0.15, 0.2) is 0 Å². The van der Waals surface area contributed by atoms with Gasteiger partial charge in [0.05, 0.1) is 0 Å². The van der Waals surface area contributed by atoms with Crippen LogP contribution in [0.4, 0.5) is 0 Å². The summed E-state index contributed by atoms with van der Waals surface area (Å²) in [5, 5.41) is 4.58. The van der Waals surface area contributed by atoms with Gasteiger partial charge in [0.25, 0.3) is 0 Å². The lowest BCUT2D eigenvalue weighted by Crippen LogP contribution is -2.51. The zero-order valence-corrected chi connectivity index (χ0v) is 2.81. The van der Waals surface area contributed by atoms with E-state index in [9.17, 15) is 0 Å². The molecule has 0 radical (unpaired) electrons. The van der Waals surface area contributed by atoms with Gasteiger partial charge < -0.3 is 6.15 Å². The fraction of sp³-hybridized carbons (Fsp3) is 0. The Kier molecular flexibility index (Phi) is 5.73. The summed E-state index contributed by atoms with van der Waals surface area (Å²) in [5.74, 6) is -0.0833. The smallest absolute Gasteiger partial charge is 0.336 e. The molecule has 4 heteroatoms. The van der Waals surface area contributed by atoms with Crippen LogP contribution in [0.5, 0.6) is 0 Å². The molecule has 0 heterocycles. The fourth-order valence-corrected chi connectivity index (χ4v) is 0. The van der Waals surface area contributed by atoms with Gasteiger partial charge in [-0.05, 0) is 0 Å². The average molecular weight is 76.1 g/mol. The molecular weight excluding hydrogens is 68.0 g/mol. The van der Waals surface area contributed by atoms with Crippen LogP contribution in [-0.4, -0.2) is 5.96 Å².